The standard InChI is InChI=1S/C29H32N8/c1-35-11-13-37(14-12-35)26-18-30-17-25-28(26)32-29(31-25)27-23-16-22(7-8-24(23)33-34-27)21-6-4-5-20(15-21)19-36-9-2-3-10-36/h4-8,15-18H,2-3,9-14,19H2,1H3,(H,31,32)(H,33,34). The molecule has 5 aromatic rings. The van der Waals surface area contributed by atoms with Gasteiger partial charge in [-0.05, 0) is 67.9 Å². The van der Waals surface area contributed by atoms with Crippen molar-refractivity contribution in [2.24, 2.45) is 0 Å². The van der Waals surface area contributed by atoms with Gasteiger partial charge in [0.2, 0.25) is 0 Å². The van der Waals surface area contributed by atoms with Crippen LogP contribution >= 0.6 is 0 Å². The highest BCUT2D eigenvalue weighted by Crippen LogP contribution is 2.33. The van der Waals surface area contributed by atoms with E-state index >= 15 is 0 Å². The summed E-state index contributed by atoms with van der Waals surface area (Å²) in [4.78, 5) is 20.3. The summed E-state index contributed by atoms with van der Waals surface area (Å²) in [6, 6.07) is 15.5. The summed E-state index contributed by atoms with van der Waals surface area (Å²) in [7, 11) is 2.17. The normalized spacial score (nSPS) is 17.4. The van der Waals surface area contributed by atoms with Crippen molar-refractivity contribution >= 4 is 27.6 Å². The topological polar surface area (TPSA) is 80.0 Å². The van der Waals surface area contributed by atoms with Gasteiger partial charge in [0.05, 0.1) is 29.1 Å². The molecule has 2 saturated heterocycles. The van der Waals surface area contributed by atoms with Crippen LogP contribution in [0.3, 0.4) is 0 Å². The third kappa shape index (κ3) is 4.26. The van der Waals surface area contributed by atoms with E-state index in [2.05, 4.69) is 84.4 Å². The molecule has 2 aliphatic rings. The van der Waals surface area contributed by atoms with E-state index in [9.17, 15) is 0 Å². The number of rotatable bonds is 5. The number of hydrogen-bond donors (Lipinski definition) is 2. The molecule has 0 bridgehead atoms. The Morgan fingerprint density at radius 1 is 0.865 bits per heavy atom. The van der Waals surface area contributed by atoms with Crippen molar-refractivity contribution in [2.75, 3.05) is 51.2 Å². The molecule has 0 unspecified atom stereocenters. The maximum Gasteiger partial charge on any atom is 0.159 e. The monoisotopic (exact) mass is 492 g/mol. The first-order valence-electron chi connectivity index (χ1n) is 13.3. The van der Waals surface area contributed by atoms with E-state index in [4.69, 9.17) is 4.98 Å². The Bertz CT molecular complexity index is 1550. The number of likely N-dealkylation sites (tertiary alicyclic amines) is 1. The zero-order chi connectivity index (χ0) is 24.8. The van der Waals surface area contributed by atoms with Crippen LogP contribution < -0.4 is 4.90 Å². The summed E-state index contributed by atoms with van der Waals surface area (Å²) in [5, 5.41) is 8.94. The van der Waals surface area contributed by atoms with Crippen molar-refractivity contribution in [3.63, 3.8) is 0 Å². The number of nitrogens with one attached hydrogen (secondary N) is 2. The second kappa shape index (κ2) is 9.28. The van der Waals surface area contributed by atoms with Gasteiger partial charge in [0.1, 0.15) is 11.2 Å². The third-order valence-corrected chi connectivity index (χ3v) is 7.87. The van der Waals surface area contributed by atoms with Crippen molar-refractivity contribution in [3.05, 3.63) is 60.4 Å². The predicted octanol–water partition coefficient (Wildman–Crippen LogP) is 4.52. The van der Waals surface area contributed by atoms with E-state index in [1.165, 1.54) is 42.6 Å². The molecule has 3 aromatic heterocycles. The largest absolute Gasteiger partial charge is 0.366 e. The molecular formula is C29H32N8. The number of pyridine rings is 1. The number of H-pyrrole nitrogens is 2. The predicted molar refractivity (Wildman–Crippen MR) is 149 cm³/mol. The van der Waals surface area contributed by atoms with Crippen LogP contribution in [0, 0.1) is 0 Å². The molecule has 0 aliphatic carbocycles. The minimum atomic E-state index is 0.768. The van der Waals surface area contributed by atoms with E-state index in [0.717, 1.165) is 71.9 Å². The maximum atomic E-state index is 5.03. The first-order valence-corrected chi connectivity index (χ1v) is 13.3. The second-order valence-electron chi connectivity index (χ2n) is 10.4. The Morgan fingerprint density at radius 3 is 2.57 bits per heavy atom. The number of imidazole rings is 1. The van der Waals surface area contributed by atoms with E-state index < -0.39 is 0 Å². The SMILES string of the molecule is CN1CCN(c2cncc3[nH]c(-c4n[nH]c5ccc(-c6cccc(CN7CCCC7)c6)cc45)nc23)CC1. The number of benzene rings is 2. The quantitative estimate of drug-likeness (QED) is 0.376. The summed E-state index contributed by atoms with van der Waals surface area (Å²) < 4.78 is 0. The Hall–Kier alpha value is -3.75. The van der Waals surface area contributed by atoms with Crippen molar-refractivity contribution in [1.29, 1.82) is 0 Å². The van der Waals surface area contributed by atoms with Crippen LogP contribution in [0.15, 0.2) is 54.9 Å². The molecule has 8 heteroatoms. The molecule has 2 aliphatic heterocycles. The van der Waals surface area contributed by atoms with Gasteiger partial charge in [-0.25, -0.2) is 4.98 Å². The Labute approximate surface area is 216 Å². The lowest BCUT2D eigenvalue weighted by Crippen LogP contribution is -2.44. The fraction of sp³-hybridized carbons (Fsp3) is 0.345. The first kappa shape index (κ1) is 22.4. The van der Waals surface area contributed by atoms with Crippen LogP contribution in [0.25, 0.3) is 44.6 Å². The van der Waals surface area contributed by atoms with Crippen LogP contribution in [0.5, 0.6) is 0 Å². The van der Waals surface area contributed by atoms with Crippen molar-refractivity contribution in [3.8, 4) is 22.6 Å². The molecule has 2 N–H and O–H groups in total. The zero-order valence-corrected chi connectivity index (χ0v) is 21.2. The van der Waals surface area contributed by atoms with E-state index in [1.807, 2.05) is 12.4 Å². The summed E-state index contributed by atoms with van der Waals surface area (Å²) in [5.74, 6) is 0.768. The van der Waals surface area contributed by atoms with Gasteiger partial charge < -0.3 is 14.8 Å². The molecule has 0 saturated carbocycles. The minimum absolute atomic E-state index is 0.768. The lowest BCUT2D eigenvalue weighted by Gasteiger charge is -2.33. The summed E-state index contributed by atoms with van der Waals surface area (Å²) in [6.45, 7) is 7.47. The number of piperazine rings is 1. The fourth-order valence-electron chi connectivity index (χ4n) is 5.73. The fourth-order valence-corrected chi connectivity index (χ4v) is 5.73. The van der Waals surface area contributed by atoms with Gasteiger partial charge in [0.15, 0.2) is 5.82 Å². The van der Waals surface area contributed by atoms with Gasteiger partial charge in [-0.3, -0.25) is 15.0 Å². The number of anilines is 1. The Balaban J connectivity index is 1.24. The molecule has 7 rings (SSSR count). The highest BCUT2D eigenvalue weighted by Gasteiger charge is 2.20. The molecule has 2 fully saturated rings. The Morgan fingerprint density at radius 2 is 1.70 bits per heavy atom. The molecule has 5 heterocycles. The number of likely N-dealkylation sites (N-methyl/N-ethyl adjacent to an activating group) is 1. The minimum Gasteiger partial charge on any atom is -0.366 e. The average Bonchev–Trinajstić information content (AvgIpc) is 3.68. The Kier molecular flexibility index (Phi) is 5.63. The van der Waals surface area contributed by atoms with Gasteiger partial charge in [-0.1, -0.05) is 24.3 Å². The van der Waals surface area contributed by atoms with Crippen molar-refractivity contribution < 1.29 is 0 Å². The molecular weight excluding hydrogens is 460 g/mol. The molecule has 0 atom stereocenters. The van der Waals surface area contributed by atoms with Crippen LogP contribution in [-0.4, -0.2) is 81.3 Å². The highest BCUT2D eigenvalue weighted by atomic mass is 15.3. The molecule has 0 radical (unpaired) electrons. The van der Waals surface area contributed by atoms with Gasteiger partial charge in [0, 0.05) is 38.1 Å². The number of hydrogen-bond acceptors (Lipinski definition) is 6. The average molecular weight is 493 g/mol. The van der Waals surface area contributed by atoms with Crippen LogP contribution in [0.1, 0.15) is 18.4 Å². The van der Waals surface area contributed by atoms with Gasteiger partial charge in [-0.15, -0.1) is 0 Å². The van der Waals surface area contributed by atoms with Gasteiger partial charge in [0.25, 0.3) is 0 Å². The second-order valence-corrected chi connectivity index (χ2v) is 10.4. The number of nitrogens with zero attached hydrogens (tertiary/aromatic N) is 6. The molecule has 8 nitrogen and oxygen atoms in total. The van der Waals surface area contributed by atoms with Crippen LogP contribution in [-0.2, 0) is 6.54 Å². The van der Waals surface area contributed by atoms with Crippen molar-refractivity contribution in [2.45, 2.75) is 19.4 Å². The van der Waals surface area contributed by atoms with Crippen LogP contribution in [0.2, 0.25) is 0 Å². The summed E-state index contributed by atoms with van der Waals surface area (Å²) >= 11 is 0. The molecule has 2 aromatic carbocycles. The highest BCUT2D eigenvalue weighted by molar-refractivity contribution is 5.97. The number of aromatic amines is 2. The molecule has 188 valence electrons. The van der Waals surface area contributed by atoms with E-state index in [1.54, 1.807) is 0 Å². The zero-order valence-electron chi connectivity index (χ0n) is 21.2. The third-order valence-electron chi connectivity index (χ3n) is 7.87. The van der Waals surface area contributed by atoms with Gasteiger partial charge >= 0.3 is 0 Å². The summed E-state index contributed by atoms with van der Waals surface area (Å²) in [6.07, 6.45) is 6.43. The van der Waals surface area contributed by atoms with Gasteiger partial charge in [-0.2, -0.15) is 5.10 Å². The van der Waals surface area contributed by atoms with Crippen molar-refractivity contribution in [1.82, 2.24) is 34.9 Å². The first-order chi connectivity index (χ1) is 18.2. The number of aromatic nitrogens is 5. The lowest BCUT2D eigenvalue weighted by molar-refractivity contribution is 0.313. The molecule has 37 heavy (non-hydrogen) atoms. The summed E-state index contributed by atoms with van der Waals surface area (Å²) in [5.41, 5.74) is 8.61. The molecule has 0 spiro atoms. The molecule has 0 amide bonds. The van der Waals surface area contributed by atoms with E-state index in [-0.39, 0.29) is 0 Å². The smallest absolute Gasteiger partial charge is 0.159 e. The van der Waals surface area contributed by atoms with E-state index in [0.29, 0.717) is 0 Å². The maximum absolute atomic E-state index is 5.03. The number of fused-ring (bicyclic) bond motifs is 2. The van der Waals surface area contributed by atoms with Crippen LogP contribution in [0.4, 0.5) is 5.69 Å². The lowest BCUT2D eigenvalue weighted by atomic mass is 10.0.